The number of hydrogen-bond donors (Lipinski definition) is 0. The van der Waals surface area contributed by atoms with Crippen LogP contribution in [0.1, 0.15) is 29.2 Å². The SMILES string of the molecule is CN1CCn2c(-c3cccc(F)c3)cnc2C12CCN(C(=O)c1ccco1)CC2. The molecular formula is C22H23FN4O2. The molecule has 1 saturated heterocycles. The number of imidazole rings is 1. The number of benzene rings is 1. The first-order valence-corrected chi connectivity index (χ1v) is 9.94. The third-order valence-corrected chi connectivity index (χ3v) is 6.39. The van der Waals surface area contributed by atoms with Gasteiger partial charge in [-0.3, -0.25) is 9.69 Å². The van der Waals surface area contributed by atoms with Crippen molar-refractivity contribution in [1.82, 2.24) is 19.4 Å². The molecule has 1 amide bonds. The summed E-state index contributed by atoms with van der Waals surface area (Å²) in [5.41, 5.74) is 1.57. The van der Waals surface area contributed by atoms with Gasteiger partial charge in [0.05, 0.1) is 23.7 Å². The van der Waals surface area contributed by atoms with Crippen LogP contribution < -0.4 is 0 Å². The minimum absolute atomic E-state index is 0.0629. The first-order valence-electron chi connectivity index (χ1n) is 9.94. The predicted molar refractivity (Wildman–Crippen MR) is 106 cm³/mol. The van der Waals surface area contributed by atoms with E-state index < -0.39 is 0 Å². The van der Waals surface area contributed by atoms with Crippen molar-refractivity contribution >= 4 is 5.91 Å². The third kappa shape index (κ3) is 2.88. The molecule has 0 saturated carbocycles. The summed E-state index contributed by atoms with van der Waals surface area (Å²) < 4.78 is 21.3. The van der Waals surface area contributed by atoms with E-state index in [0.717, 1.165) is 43.0 Å². The van der Waals surface area contributed by atoms with Crippen molar-refractivity contribution in [2.24, 2.45) is 0 Å². The van der Waals surface area contributed by atoms with Gasteiger partial charge in [-0.25, -0.2) is 9.37 Å². The van der Waals surface area contributed by atoms with Crippen LogP contribution in [0.5, 0.6) is 0 Å². The molecule has 1 fully saturated rings. The Bertz CT molecular complexity index is 1040. The average molecular weight is 394 g/mol. The third-order valence-electron chi connectivity index (χ3n) is 6.39. The molecule has 0 N–H and O–H groups in total. The van der Waals surface area contributed by atoms with E-state index in [2.05, 4.69) is 16.5 Å². The Morgan fingerprint density at radius 2 is 1.97 bits per heavy atom. The highest BCUT2D eigenvalue weighted by Gasteiger charge is 2.46. The van der Waals surface area contributed by atoms with Crippen molar-refractivity contribution in [3.05, 3.63) is 66.3 Å². The van der Waals surface area contributed by atoms with Gasteiger partial charge in [-0.15, -0.1) is 0 Å². The molecule has 150 valence electrons. The number of nitrogens with zero attached hydrogens (tertiary/aromatic N) is 4. The Labute approximate surface area is 168 Å². The topological polar surface area (TPSA) is 54.5 Å². The average Bonchev–Trinajstić information content (AvgIpc) is 3.41. The van der Waals surface area contributed by atoms with Gasteiger partial charge in [0.1, 0.15) is 11.6 Å². The van der Waals surface area contributed by atoms with Gasteiger partial charge in [0.25, 0.3) is 5.91 Å². The molecule has 29 heavy (non-hydrogen) atoms. The summed E-state index contributed by atoms with van der Waals surface area (Å²) in [6, 6.07) is 10.1. The fraction of sp³-hybridized carbons (Fsp3) is 0.364. The molecule has 0 radical (unpaired) electrons. The van der Waals surface area contributed by atoms with Gasteiger partial charge in [0.2, 0.25) is 0 Å². The lowest BCUT2D eigenvalue weighted by Crippen LogP contribution is -2.57. The van der Waals surface area contributed by atoms with Crippen LogP contribution in [0.3, 0.4) is 0 Å². The van der Waals surface area contributed by atoms with Crippen LogP contribution in [0.25, 0.3) is 11.3 Å². The molecule has 4 heterocycles. The van der Waals surface area contributed by atoms with E-state index in [4.69, 9.17) is 9.40 Å². The minimum Gasteiger partial charge on any atom is -0.459 e. The van der Waals surface area contributed by atoms with Gasteiger partial charge in [-0.2, -0.15) is 0 Å². The van der Waals surface area contributed by atoms with Gasteiger partial charge in [-0.1, -0.05) is 12.1 Å². The summed E-state index contributed by atoms with van der Waals surface area (Å²) in [5, 5.41) is 0. The van der Waals surface area contributed by atoms with Crippen LogP contribution in [0.15, 0.2) is 53.3 Å². The zero-order chi connectivity index (χ0) is 20.0. The standard InChI is InChI=1S/C22H23FN4O2/c1-25-11-12-27-18(16-4-2-5-17(23)14-16)15-24-21(27)22(25)7-9-26(10-8-22)20(28)19-6-3-13-29-19/h2-6,13-15H,7-12H2,1H3. The predicted octanol–water partition coefficient (Wildman–Crippen LogP) is 3.36. The van der Waals surface area contributed by atoms with Crippen LogP contribution in [0.2, 0.25) is 0 Å². The summed E-state index contributed by atoms with van der Waals surface area (Å²) in [6.45, 7) is 2.99. The summed E-state index contributed by atoms with van der Waals surface area (Å²) in [4.78, 5) is 21.6. The molecule has 0 atom stereocenters. The number of carbonyl (C=O) groups excluding carboxylic acids is 1. The van der Waals surface area contributed by atoms with Crippen molar-refractivity contribution in [3.8, 4) is 11.3 Å². The molecule has 2 aliphatic rings. The highest BCUT2D eigenvalue weighted by atomic mass is 19.1. The molecule has 1 aromatic carbocycles. The number of carbonyl (C=O) groups is 1. The molecular weight excluding hydrogens is 371 g/mol. The molecule has 0 bridgehead atoms. The summed E-state index contributed by atoms with van der Waals surface area (Å²) in [6.07, 6.45) is 4.98. The number of piperidine rings is 1. The summed E-state index contributed by atoms with van der Waals surface area (Å²) >= 11 is 0. The van der Waals surface area contributed by atoms with Crippen LogP contribution in [-0.4, -0.2) is 51.9 Å². The fourth-order valence-electron chi connectivity index (χ4n) is 4.73. The lowest BCUT2D eigenvalue weighted by Gasteiger charge is -2.49. The number of rotatable bonds is 2. The highest BCUT2D eigenvalue weighted by Crippen LogP contribution is 2.41. The number of hydrogen-bond acceptors (Lipinski definition) is 4. The van der Waals surface area contributed by atoms with Gasteiger partial charge in [0.15, 0.2) is 5.76 Å². The Morgan fingerprint density at radius 3 is 2.69 bits per heavy atom. The van der Waals surface area contributed by atoms with Gasteiger partial charge < -0.3 is 13.9 Å². The quantitative estimate of drug-likeness (QED) is 0.669. The van der Waals surface area contributed by atoms with Crippen molar-refractivity contribution in [2.45, 2.75) is 24.9 Å². The lowest BCUT2D eigenvalue weighted by atomic mass is 9.83. The highest BCUT2D eigenvalue weighted by molar-refractivity contribution is 5.91. The van der Waals surface area contributed by atoms with Gasteiger partial charge >= 0.3 is 0 Å². The largest absolute Gasteiger partial charge is 0.459 e. The number of aromatic nitrogens is 2. The van der Waals surface area contributed by atoms with E-state index in [1.54, 1.807) is 24.3 Å². The second-order valence-electron chi connectivity index (χ2n) is 7.85. The molecule has 1 spiro atoms. The van der Waals surface area contributed by atoms with Crippen LogP contribution >= 0.6 is 0 Å². The van der Waals surface area contributed by atoms with E-state index in [1.807, 2.05) is 17.2 Å². The van der Waals surface area contributed by atoms with E-state index in [1.165, 1.54) is 12.3 Å². The minimum atomic E-state index is -0.245. The second-order valence-corrected chi connectivity index (χ2v) is 7.85. The van der Waals surface area contributed by atoms with Crippen molar-refractivity contribution in [1.29, 1.82) is 0 Å². The summed E-state index contributed by atoms with van der Waals surface area (Å²) in [5.74, 6) is 1.08. The molecule has 6 nitrogen and oxygen atoms in total. The second kappa shape index (κ2) is 6.84. The maximum absolute atomic E-state index is 13.8. The van der Waals surface area contributed by atoms with Crippen molar-refractivity contribution < 1.29 is 13.6 Å². The number of likely N-dealkylation sites (N-methyl/N-ethyl adjacent to an activating group) is 1. The fourth-order valence-corrected chi connectivity index (χ4v) is 4.73. The van der Waals surface area contributed by atoms with E-state index in [0.29, 0.717) is 18.8 Å². The Balaban J connectivity index is 1.45. The van der Waals surface area contributed by atoms with Crippen molar-refractivity contribution in [3.63, 3.8) is 0 Å². The van der Waals surface area contributed by atoms with E-state index in [9.17, 15) is 9.18 Å². The molecule has 2 aromatic heterocycles. The zero-order valence-corrected chi connectivity index (χ0v) is 16.3. The van der Waals surface area contributed by atoms with E-state index in [-0.39, 0.29) is 17.3 Å². The molecule has 0 aliphatic carbocycles. The number of fused-ring (bicyclic) bond motifs is 2. The molecule has 0 unspecified atom stereocenters. The van der Waals surface area contributed by atoms with Gasteiger partial charge in [-0.05, 0) is 44.2 Å². The number of amides is 1. The number of furan rings is 1. The summed E-state index contributed by atoms with van der Waals surface area (Å²) in [7, 11) is 2.13. The Morgan fingerprint density at radius 1 is 1.14 bits per heavy atom. The normalized spacial score (nSPS) is 18.8. The molecule has 5 rings (SSSR count). The molecule has 7 heteroatoms. The smallest absolute Gasteiger partial charge is 0.289 e. The molecule has 3 aromatic rings. The Kier molecular flexibility index (Phi) is 4.28. The van der Waals surface area contributed by atoms with Crippen LogP contribution in [-0.2, 0) is 12.1 Å². The van der Waals surface area contributed by atoms with E-state index >= 15 is 0 Å². The first-order chi connectivity index (χ1) is 14.1. The monoisotopic (exact) mass is 394 g/mol. The molecule has 2 aliphatic heterocycles. The first kappa shape index (κ1) is 18.1. The zero-order valence-electron chi connectivity index (χ0n) is 16.3. The Hall–Kier alpha value is -2.93. The van der Waals surface area contributed by atoms with Crippen LogP contribution in [0.4, 0.5) is 4.39 Å². The number of likely N-dealkylation sites (tertiary alicyclic amines) is 1. The maximum Gasteiger partial charge on any atom is 0.289 e. The lowest BCUT2D eigenvalue weighted by molar-refractivity contribution is 0.00908. The van der Waals surface area contributed by atoms with Crippen LogP contribution in [0, 0.1) is 5.82 Å². The maximum atomic E-state index is 13.8. The van der Waals surface area contributed by atoms with Gasteiger partial charge in [0, 0.05) is 31.7 Å². The number of halogens is 1. The van der Waals surface area contributed by atoms with Crippen molar-refractivity contribution in [2.75, 3.05) is 26.7 Å².